The van der Waals surface area contributed by atoms with Crippen LogP contribution in [0.1, 0.15) is 5.56 Å². The molecule has 0 unspecified atom stereocenters. The Morgan fingerprint density at radius 3 is 2.86 bits per heavy atom. The van der Waals surface area contributed by atoms with Crippen LogP contribution in [0.5, 0.6) is 0 Å². The van der Waals surface area contributed by atoms with Gasteiger partial charge >= 0.3 is 5.63 Å². The molecule has 0 bridgehead atoms. The minimum Gasteiger partial charge on any atom is -0.422 e. The molecule has 0 fully saturated rings. The largest absolute Gasteiger partial charge is 0.422 e. The summed E-state index contributed by atoms with van der Waals surface area (Å²) in [6, 6.07) is 6.97. The van der Waals surface area contributed by atoms with Gasteiger partial charge in [0.1, 0.15) is 5.58 Å². The molecule has 1 heterocycles. The van der Waals surface area contributed by atoms with Gasteiger partial charge in [-0.15, -0.1) is 0 Å². The zero-order valence-electron chi connectivity index (χ0n) is 7.16. The third-order valence-electron chi connectivity index (χ3n) is 1.94. The first-order valence-electron chi connectivity index (χ1n) is 4.04. The van der Waals surface area contributed by atoms with Gasteiger partial charge in [0.15, 0.2) is 0 Å². The van der Waals surface area contributed by atoms with Crippen LogP contribution in [-0.4, -0.2) is 5.11 Å². The normalized spacial score (nSPS) is 10.7. The molecule has 72 valence electrons. The summed E-state index contributed by atoms with van der Waals surface area (Å²) in [6.07, 6.45) is 0. The van der Waals surface area contributed by atoms with Crippen LogP contribution in [0.3, 0.4) is 0 Å². The van der Waals surface area contributed by atoms with Gasteiger partial charge in [0.25, 0.3) is 0 Å². The van der Waals surface area contributed by atoms with Crippen LogP contribution in [0.25, 0.3) is 11.0 Å². The zero-order chi connectivity index (χ0) is 10.1. The molecule has 2 aromatic rings. The van der Waals surface area contributed by atoms with E-state index in [1.54, 1.807) is 18.2 Å². The van der Waals surface area contributed by atoms with E-state index in [1.807, 2.05) is 6.07 Å². The molecule has 1 aromatic heterocycles. The van der Waals surface area contributed by atoms with Crippen LogP contribution < -0.4 is 5.63 Å². The molecule has 4 heteroatoms. The number of fused-ring (bicyclic) bond motifs is 1. The van der Waals surface area contributed by atoms with Crippen molar-refractivity contribution in [1.29, 1.82) is 0 Å². The number of rotatable bonds is 1. The lowest BCUT2D eigenvalue weighted by atomic mass is 10.2. The third-order valence-corrected chi connectivity index (χ3v) is 2.43. The molecular weight excluding hydrogens is 248 g/mol. The second-order valence-corrected chi connectivity index (χ2v) is 3.82. The topological polar surface area (TPSA) is 50.4 Å². The maximum absolute atomic E-state index is 11.2. The van der Waals surface area contributed by atoms with Crippen LogP contribution in [-0.2, 0) is 6.61 Å². The van der Waals surface area contributed by atoms with Gasteiger partial charge in [-0.25, -0.2) is 4.79 Å². The molecule has 14 heavy (non-hydrogen) atoms. The average molecular weight is 255 g/mol. The van der Waals surface area contributed by atoms with E-state index in [1.165, 1.54) is 0 Å². The van der Waals surface area contributed by atoms with Crippen molar-refractivity contribution in [2.45, 2.75) is 6.61 Å². The van der Waals surface area contributed by atoms with E-state index in [4.69, 9.17) is 9.52 Å². The van der Waals surface area contributed by atoms with Gasteiger partial charge in [0.2, 0.25) is 0 Å². The highest BCUT2D eigenvalue weighted by atomic mass is 79.9. The quantitative estimate of drug-likeness (QED) is 0.793. The first kappa shape index (κ1) is 9.43. The van der Waals surface area contributed by atoms with Crippen molar-refractivity contribution >= 4 is 26.9 Å². The standard InChI is InChI=1S/C10H7BrO3/c11-8-1-2-9-6(4-8)3-7(5-12)10(13)14-9/h1-4,12H,5H2. The van der Waals surface area contributed by atoms with Gasteiger partial charge < -0.3 is 9.52 Å². The van der Waals surface area contributed by atoms with E-state index < -0.39 is 5.63 Å². The molecule has 0 aliphatic carbocycles. The van der Waals surface area contributed by atoms with E-state index in [2.05, 4.69) is 15.9 Å². The van der Waals surface area contributed by atoms with Crippen molar-refractivity contribution < 1.29 is 9.52 Å². The summed E-state index contributed by atoms with van der Waals surface area (Å²) in [5.41, 5.74) is 0.313. The highest BCUT2D eigenvalue weighted by molar-refractivity contribution is 9.10. The third kappa shape index (κ3) is 1.58. The summed E-state index contributed by atoms with van der Waals surface area (Å²) in [5, 5.41) is 9.67. The van der Waals surface area contributed by atoms with Gasteiger partial charge in [0, 0.05) is 9.86 Å². The van der Waals surface area contributed by atoms with Crippen molar-refractivity contribution in [1.82, 2.24) is 0 Å². The average Bonchev–Trinajstić information content (AvgIpc) is 2.17. The van der Waals surface area contributed by atoms with Crippen molar-refractivity contribution in [3.05, 3.63) is 44.7 Å². The van der Waals surface area contributed by atoms with Crippen LogP contribution >= 0.6 is 15.9 Å². The van der Waals surface area contributed by atoms with Gasteiger partial charge in [-0.2, -0.15) is 0 Å². The molecule has 1 aromatic carbocycles. The monoisotopic (exact) mass is 254 g/mol. The van der Waals surface area contributed by atoms with Gasteiger partial charge in [0.05, 0.1) is 12.2 Å². The van der Waals surface area contributed by atoms with Crippen LogP contribution in [0.2, 0.25) is 0 Å². The number of benzene rings is 1. The first-order valence-corrected chi connectivity index (χ1v) is 4.83. The Hall–Kier alpha value is -1.13. The fourth-order valence-electron chi connectivity index (χ4n) is 1.25. The lowest BCUT2D eigenvalue weighted by molar-refractivity contribution is 0.276. The lowest BCUT2D eigenvalue weighted by Crippen LogP contribution is -2.06. The Labute approximate surface area is 88.1 Å². The van der Waals surface area contributed by atoms with Gasteiger partial charge in [-0.05, 0) is 24.3 Å². The minimum absolute atomic E-state index is 0.274. The van der Waals surface area contributed by atoms with E-state index in [9.17, 15) is 4.79 Å². The van der Waals surface area contributed by atoms with Crippen molar-refractivity contribution in [2.24, 2.45) is 0 Å². The molecule has 0 radical (unpaired) electrons. The minimum atomic E-state index is -0.484. The highest BCUT2D eigenvalue weighted by Crippen LogP contribution is 2.19. The molecule has 1 N–H and O–H groups in total. The Morgan fingerprint density at radius 2 is 2.14 bits per heavy atom. The Bertz CT molecular complexity index is 530. The van der Waals surface area contributed by atoms with Crippen LogP contribution in [0, 0.1) is 0 Å². The first-order chi connectivity index (χ1) is 6.70. The second-order valence-electron chi connectivity index (χ2n) is 2.90. The van der Waals surface area contributed by atoms with Gasteiger partial charge in [-0.3, -0.25) is 0 Å². The van der Waals surface area contributed by atoms with E-state index in [0.717, 1.165) is 9.86 Å². The summed E-state index contributed by atoms with van der Waals surface area (Å²) in [4.78, 5) is 11.2. The summed E-state index contributed by atoms with van der Waals surface area (Å²) in [6.45, 7) is -0.301. The number of halogens is 1. The van der Waals surface area contributed by atoms with Crippen LogP contribution in [0.4, 0.5) is 0 Å². The molecule has 3 nitrogen and oxygen atoms in total. The van der Waals surface area contributed by atoms with E-state index in [0.29, 0.717) is 5.58 Å². The summed E-state index contributed by atoms with van der Waals surface area (Å²) in [5.74, 6) is 0. The highest BCUT2D eigenvalue weighted by Gasteiger charge is 2.03. The summed E-state index contributed by atoms with van der Waals surface area (Å²) in [7, 11) is 0. The number of aliphatic hydroxyl groups excluding tert-OH is 1. The van der Waals surface area contributed by atoms with Crippen molar-refractivity contribution in [3.63, 3.8) is 0 Å². The Balaban J connectivity index is 2.80. The lowest BCUT2D eigenvalue weighted by Gasteiger charge is -1.99. The van der Waals surface area contributed by atoms with Crippen molar-refractivity contribution in [2.75, 3.05) is 0 Å². The maximum Gasteiger partial charge on any atom is 0.341 e. The smallest absolute Gasteiger partial charge is 0.341 e. The van der Waals surface area contributed by atoms with Crippen LogP contribution in [0.15, 0.2) is 37.9 Å². The molecule has 0 aliphatic rings. The number of aliphatic hydroxyl groups is 1. The second kappa shape index (κ2) is 3.55. The SMILES string of the molecule is O=c1oc2ccc(Br)cc2cc1CO. The predicted octanol–water partition coefficient (Wildman–Crippen LogP) is 2.05. The molecule has 0 saturated heterocycles. The number of hydrogen-bond acceptors (Lipinski definition) is 3. The molecule has 0 aliphatic heterocycles. The molecule has 0 amide bonds. The zero-order valence-corrected chi connectivity index (χ0v) is 8.74. The fourth-order valence-corrected chi connectivity index (χ4v) is 1.63. The Morgan fingerprint density at radius 1 is 1.36 bits per heavy atom. The van der Waals surface area contributed by atoms with Gasteiger partial charge in [-0.1, -0.05) is 15.9 Å². The van der Waals surface area contributed by atoms with E-state index in [-0.39, 0.29) is 12.2 Å². The molecule has 0 spiro atoms. The molecule has 2 rings (SSSR count). The molecule has 0 atom stereocenters. The Kier molecular flexibility index (Phi) is 2.39. The van der Waals surface area contributed by atoms with Crippen molar-refractivity contribution in [3.8, 4) is 0 Å². The maximum atomic E-state index is 11.2. The predicted molar refractivity (Wildman–Crippen MR) is 56.1 cm³/mol. The number of hydrogen-bond donors (Lipinski definition) is 1. The summed E-state index contributed by atoms with van der Waals surface area (Å²) >= 11 is 3.32. The van der Waals surface area contributed by atoms with E-state index >= 15 is 0 Å². The fraction of sp³-hybridized carbons (Fsp3) is 0.100. The molecule has 0 saturated carbocycles. The summed E-state index contributed by atoms with van der Waals surface area (Å²) < 4.78 is 5.91. The molecular formula is C10H7BrO3.